The largest absolute Gasteiger partial charge is 0.351 e. The van der Waals surface area contributed by atoms with E-state index in [9.17, 15) is 0 Å². The summed E-state index contributed by atoms with van der Waals surface area (Å²) in [5, 5.41) is 0.603. The second-order valence-corrected chi connectivity index (χ2v) is 5.07. The van der Waals surface area contributed by atoms with Crippen molar-refractivity contribution in [3.63, 3.8) is 0 Å². The van der Waals surface area contributed by atoms with Crippen molar-refractivity contribution < 1.29 is 0 Å². The van der Waals surface area contributed by atoms with Gasteiger partial charge in [0, 0.05) is 17.6 Å². The maximum Gasteiger partial charge on any atom is 0.137 e. The number of rotatable bonds is 3. The van der Waals surface area contributed by atoms with Gasteiger partial charge in [-0.15, -0.1) is 0 Å². The summed E-state index contributed by atoms with van der Waals surface area (Å²) in [6.45, 7) is 6.62. The van der Waals surface area contributed by atoms with Gasteiger partial charge in [0.2, 0.25) is 0 Å². The number of nitrogens with zero attached hydrogens (tertiary/aromatic N) is 3. The van der Waals surface area contributed by atoms with Gasteiger partial charge in [0.15, 0.2) is 0 Å². The summed E-state index contributed by atoms with van der Waals surface area (Å²) in [6, 6.07) is 1.15. The van der Waals surface area contributed by atoms with Crippen LogP contribution in [0.2, 0.25) is 5.15 Å². The van der Waals surface area contributed by atoms with E-state index in [1.54, 1.807) is 6.33 Å². The van der Waals surface area contributed by atoms with E-state index in [2.05, 4.69) is 35.6 Å². The van der Waals surface area contributed by atoms with Gasteiger partial charge in [-0.25, -0.2) is 9.97 Å². The fourth-order valence-corrected chi connectivity index (χ4v) is 3.02. The highest BCUT2D eigenvalue weighted by atomic mass is 35.5. The molecule has 3 nitrogen and oxygen atoms in total. The maximum atomic E-state index is 6.17. The molecule has 0 N–H and O–H groups in total. The fourth-order valence-electron chi connectivity index (χ4n) is 2.76. The van der Waals surface area contributed by atoms with Crippen molar-refractivity contribution in [2.75, 3.05) is 4.90 Å². The molecule has 2 rings (SSSR count). The van der Waals surface area contributed by atoms with Crippen molar-refractivity contribution >= 4 is 17.4 Å². The molecule has 2 unspecified atom stereocenters. The Hall–Kier alpha value is -0.830. The zero-order chi connectivity index (χ0) is 12.4. The predicted molar refractivity (Wildman–Crippen MR) is 71.7 cm³/mol. The molecule has 0 spiro atoms. The molecule has 2 heterocycles. The van der Waals surface area contributed by atoms with Crippen LogP contribution in [0.4, 0.5) is 5.82 Å². The molecule has 1 fully saturated rings. The third-order valence-corrected chi connectivity index (χ3v) is 4.05. The molecular weight excluding hydrogens is 234 g/mol. The van der Waals surface area contributed by atoms with Crippen LogP contribution < -0.4 is 4.90 Å². The van der Waals surface area contributed by atoms with E-state index in [-0.39, 0.29) is 0 Å². The summed E-state index contributed by atoms with van der Waals surface area (Å²) < 4.78 is 0. The molecule has 4 heteroatoms. The van der Waals surface area contributed by atoms with Gasteiger partial charge in [0.05, 0.1) is 0 Å². The first-order valence-corrected chi connectivity index (χ1v) is 6.84. The van der Waals surface area contributed by atoms with Crippen molar-refractivity contribution in [2.45, 2.75) is 58.5 Å². The van der Waals surface area contributed by atoms with E-state index in [1.165, 1.54) is 12.8 Å². The van der Waals surface area contributed by atoms with Gasteiger partial charge >= 0.3 is 0 Å². The third kappa shape index (κ3) is 2.25. The lowest BCUT2D eigenvalue weighted by Gasteiger charge is -2.30. The molecule has 0 saturated carbocycles. The average Bonchev–Trinajstić information content (AvgIpc) is 2.70. The van der Waals surface area contributed by atoms with Gasteiger partial charge in [-0.3, -0.25) is 0 Å². The lowest BCUT2D eigenvalue weighted by atomic mass is 10.1. The normalized spacial score (nSPS) is 24.4. The number of aromatic nitrogens is 2. The number of anilines is 1. The van der Waals surface area contributed by atoms with Gasteiger partial charge in [0.1, 0.15) is 17.3 Å². The zero-order valence-electron chi connectivity index (χ0n) is 10.8. The fraction of sp³-hybridized carbons (Fsp3) is 0.692. The van der Waals surface area contributed by atoms with Crippen LogP contribution in [0.3, 0.4) is 0 Å². The minimum Gasteiger partial charge on any atom is -0.351 e. The van der Waals surface area contributed by atoms with Crippen LogP contribution in [0.15, 0.2) is 6.33 Å². The monoisotopic (exact) mass is 253 g/mol. The first-order chi connectivity index (χ1) is 8.19. The van der Waals surface area contributed by atoms with Gasteiger partial charge < -0.3 is 4.90 Å². The Morgan fingerprint density at radius 1 is 1.35 bits per heavy atom. The minimum absolute atomic E-state index is 0.552. The SMILES string of the molecule is CCc1c(Cl)ncnc1N1C(C)CCC1CC. The highest BCUT2D eigenvalue weighted by molar-refractivity contribution is 6.30. The summed E-state index contributed by atoms with van der Waals surface area (Å²) >= 11 is 6.17. The minimum atomic E-state index is 0.552. The molecule has 0 amide bonds. The molecule has 1 aliphatic heterocycles. The second-order valence-electron chi connectivity index (χ2n) is 4.72. The van der Waals surface area contributed by atoms with E-state index in [4.69, 9.17) is 11.6 Å². The summed E-state index contributed by atoms with van der Waals surface area (Å²) in [5.41, 5.74) is 1.08. The Balaban J connectivity index is 2.41. The van der Waals surface area contributed by atoms with Crippen LogP contribution in [0.5, 0.6) is 0 Å². The van der Waals surface area contributed by atoms with Crippen LogP contribution in [-0.4, -0.2) is 22.1 Å². The number of hydrogen-bond acceptors (Lipinski definition) is 3. The molecule has 17 heavy (non-hydrogen) atoms. The van der Waals surface area contributed by atoms with Crippen LogP contribution >= 0.6 is 11.6 Å². The molecule has 1 aromatic rings. The number of hydrogen-bond donors (Lipinski definition) is 0. The maximum absolute atomic E-state index is 6.17. The molecule has 0 aliphatic carbocycles. The Kier molecular flexibility index (Phi) is 3.87. The van der Waals surface area contributed by atoms with Crippen LogP contribution in [-0.2, 0) is 6.42 Å². The smallest absolute Gasteiger partial charge is 0.137 e. The van der Waals surface area contributed by atoms with Gasteiger partial charge in [0.25, 0.3) is 0 Å². The lowest BCUT2D eigenvalue weighted by Crippen LogP contribution is -2.35. The third-order valence-electron chi connectivity index (χ3n) is 3.73. The second kappa shape index (κ2) is 5.21. The first kappa shape index (κ1) is 12.6. The molecule has 1 saturated heterocycles. The molecule has 1 aliphatic rings. The predicted octanol–water partition coefficient (Wildman–Crippen LogP) is 3.46. The van der Waals surface area contributed by atoms with Crippen LogP contribution in [0, 0.1) is 0 Å². The Bertz CT molecular complexity index is 394. The van der Waals surface area contributed by atoms with Crippen molar-refractivity contribution in [3.05, 3.63) is 17.0 Å². The molecular formula is C13H20ClN3. The first-order valence-electron chi connectivity index (χ1n) is 6.46. The lowest BCUT2D eigenvalue weighted by molar-refractivity contribution is 0.617. The Labute approximate surface area is 108 Å². The topological polar surface area (TPSA) is 29.0 Å². The molecule has 0 bridgehead atoms. The van der Waals surface area contributed by atoms with Gasteiger partial charge in [-0.1, -0.05) is 25.4 Å². The summed E-state index contributed by atoms with van der Waals surface area (Å²) in [5.74, 6) is 1.05. The van der Waals surface area contributed by atoms with Gasteiger partial charge in [-0.05, 0) is 32.6 Å². The van der Waals surface area contributed by atoms with E-state index < -0.39 is 0 Å². The van der Waals surface area contributed by atoms with Crippen molar-refractivity contribution in [2.24, 2.45) is 0 Å². The molecule has 0 radical (unpaired) electrons. The van der Waals surface area contributed by atoms with E-state index in [0.717, 1.165) is 24.2 Å². The molecule has 94 valence electrons. The summed E-state index contributed by atoms with van der Waals surface area (Å²) in [4.78, 5) is 11.0. The highest BCUT2D eigenvalue weighted by Gasteiger charge is 2.32. The van der Waals surface area contributed by atoms with Crippen molar-refractivity contribution in [1.29, 1.82) is 0 Å². The van der Waals surface area contributed by atoms with Crippen molar-refractivity contribution in [1.82, 2.24) is 9.97 Å². The number of halogens is 1. The van der Waals surface area contributed by atoms with Crippen LogP contribution in [0.1, 0.15) is 45.6 Å². The molecule has 1 aromatic heterocycles. The Morgan fingerprint density at radius 2 is 2.12 bits per heavy atom. The van der Waals surface area contributed by atoms with Gasteiger partial charge in [-0.2, -0.15) is 0 Å². The highest BCUT2D eigenvalue weighted by Crippen LogP contribution is 2.34. The van der Waals surface area contributed by atoms with E-state index in [0.29, 0.717) is 17.2 Å². The van der Waals surface area contributed by atoms with Crippen LogP contribution in [0.25, 0.3) is 0 Å². The summed E-state index contributed by atoms with van der Waals surface area (Å²) in [6.07, 6.45) is 6.12. The van der Waals surface area contributed by atoms with E-state index >= 15 is 0 Å². The zero-order valence-corrected chi connectivity index (χ0v) is 11.5. The van der Waals surface area contributed by atoms with Crippen molar-refractivity contribution in [3.8, 4) is 0 Å². The molecule has 0 aromatic carbocycles. The van der Waals surface area contributed by atoms with E-state index in [1.807, 2.05) is 0 Å². The Morgan fingerprint density at radius 3 is 2.76 bits per heavy atom. The quantitative estimate of drug-likeness (QED) is 0.773. The standard InChI is InChI=1S/C13H20ClN3/c1-4-10-7-6-9(3)17(10)13-11(5-2)12(14)15-8-16-13/h8-10H,4-7H2,1-3H3. The summed E-state index contributed by atoms with van der Waals surface area (Å²) in [7, 11) is 0. The molecule has 2 atom stereocenters. The average molecular weight is 254 g/mol.